The van der Waals surface area contributed by atoms with Crippen LogP contribution in [0.1, 0.15) is 40.2 Å². The molecule has 1 aliphatic rings. The molecule has 0 spiro atoms. The molecule has 116 valence electrons. The Labute approximate surface area is 134 Å². The first-order chi connectivity index (χ1) is 10.8. The molecule has 0 amide bonds. The highest BCUT2D eigenvalue weighted by atomic mass is 32.1. The Kier molecular flexibility index (Phi) is 4.68. The maximum absolute atomic E-state index is 12.4. The fourth-order valence-corrected chi connectivity index (χ4v) is 3.28. The van der Waals surface area contributed by atoms with Gasteiger partial charge in [0.25, 0.3) is 0 Å². The summed E-state index contributed by atoms with van der Waals surface area (Å²) in [7, 11) is 0. The Morgan fingerprint density at radius 1 is 1.32 bits per heavy atom. The highest BCUT2D eigenvalue weighted by molar-refractivity contribution is 7.09. The van der Waals surface area contributed by atoms with Crippen LogP contribution >= 0.6 is 11.3 Å². The van der Waals surface area contributed by atoms with Crippen molar-refractivity contribution in [3.63, 3.8) is 0 Å². The molecule has 22 heavy (non-hydrogen) atoms. The van der Waals surface area contributed by atoms with Gasteiger partial charge in [0.05, 0.1) is 16.1 Å². The van der Waals surface area contributed by atoms with Gasteiger partial charge in [-0.1, -0.05) is 0 Å². The van der Waals surface area contributed by atoms with Gasteiger partial charge in [-0.05, 0) is 38.3 Å². The van der Waals surface area contributed by atoms with Crippen LogP contribution in [0.5, 0.6) is 0 Å². The quantitative estimate of drug-likeness (QED) is 0.811. The van der Waals surface area contributed by atoms with Crippen molar-refractivity contribution in [1.29, 1.82) is 0 Å². The molecule has 5 nitrogen and oxygen atoms in total. The van der Waals surface area contributed by atoms with Crippen molar-refractivity contribution in [2.45, 2.75) is 32.8 Å². The van der Waals surface area contributed by atoms with Crippen molar-refractivity contribution in [3.8, 4) is 0 Å². The molecule has 1 aliphatic heterocycles. The van der Waals surface area contributed by atoms with Crippen LogP contribution in [0.4, 0.5) is 5.82 Å². The van der Waals surface area contributed by atoms with E-state index in [2.05, 4.69) is 14.9 Å². The Morgan fingerprint density at radius 3 is 2.86 bits per heavy atom. The number of piperidine rings is 1. The molecule has 1 saturated heterocycles. The van der Waals surface area contributed by atoms with E-state index in [1.165, 1.54) is 17.8 Å². The Hall–Kier alpha value is -1.95. The number of carbonyl (C=O) groups excluding carboxylic acids is 1. The lowest BCUT2D eigenvalue weighted by atomic mass is 10.1. The minimum absolute atomic E-state index is 0.268. The second-order valence-corrected chi connectivity index (χ2v) is 6.30. The van der Waals surface area contributed by atoms with E-state index in [4.69, 9.17) is 4.74 Å². The molecule has 0 aliphatic carbocycles. The number of aryl methyl sites for hydroxylation is 1. The van der Waals surface area contributed by atoms with Gasteiger partial charge < -0.3 is 9.64 Å². The summed E-state index contributed by atoms with van der Waals surface area (Å²) in [6.45, 7) is 4.09. The predicted octanol–water partition coefficient (Wildman–Crippen LogP) is 3.19. The molecule has 0 aromatic carbocycles. The number of hydrogen-bond acceptors (Lipinski definition) is 6. The third-order valence-electron chi connectivity index (χ3n) is 3.84. The van der Waals surface area contributed by atoms with E-state index in [0.717, 1.165) is 42.3 Å². The summed E-state index contributed by atoms with van der Waals surface area (Å²) in [6, 6.07) is 3.57. The number of esters is 1. The smallest absolute Gasteiger partial charge is 0.342 e. The van der Waals surface area contributed by atoms with Crippen LogP contribution in [0.3, 0.4) is 0 Å². The fourth-order valence-electron chi connectivity index (χ4n) is 2.59. The first kappa shape index (κ1) is 15.0. The number of aromatic nitrogens is 2. The standard InChI is InChI=1S/C16H19N3O2S/c1-12-14(22-11-18-12)10-21-16(20)13-6-5-7-17-15(13)19-8-3-2-4-9-19/h5-7,11H,2-4,8-10H2,1H3. The molecule has 0 N–H and O–H groups in total. The predicted molar refractivity (Wildman–Crippen MR) is 86.3 cm³/mol. The SMILES string of the molecule is Cc1ncsc1COC(=O)c1cccnc1N1CCCCC1. The van der Waals surface area contributed by atoms with Gasteiger partial charge in [-0.15, -0.1) is 11.3 Å². The summed E-state index contributed by atoms with van der Waals surface area (Å²) < 4.78 is 5.45. The lowest BCUT2D eigenvalue weighted by Crippen LogP contribution is -2.31. The zero-order chi connectivity index (χ0) is 15.4. The summed E-state index contributed by atoms with van der Waals surface area (Å²) in [6.07, 6.45) is 5.26. The van der Waals surface area contributed by atoms with E-state index in [-0.39, 0.29) is 12.6 Å². The molecule has 2 aromatic rings. The van der Waals surface area contributed by atoms with E-state index in [1.54, 1.807) is 23.8 Å². The normalized spacial score (nSPS) is 14.9. The summed E-state index contributed by atoms with van der Waals surface area (Å²) in [5.41, 5.74) is 3.23. The first-order valence-corrected chi connectivity index (χ1v) is 8.39. The maximum atomic E-state index is 12.4. The first-order valence-electron chi connectivity index (χ1n) is 7.52. The summed E-state index contributed by atoms with van der Waals surface area (Å²) in [5.74, 6) is 0.426. The van der Waals surface area contributed by atoms with Gasteiger partial charge in [0.2, 0.25) is 0 Å². The van der Waals surface area contributed by atoms with Crippen LogP contribution in [-0.4, -0.2) is 29.0 Å². The maximum Gasteiger partial charge on any atom is 0.342 e. The van der Waals surface area contributed by atoms with Crippen LogP contribution in [0.15, 0.2) is 23.8 Å². The van der Waals surface area contributed by atoms with Crippen LogP contribution in [0.25, 0.3) is 0 Å². The van der Waals surface area contributed by atoms with Crippen molar-refractivity contribution in [3.05, 3.63) is 40.0 Å². The molecule has 3 heterocycles. The molecule has 0 radical (unpaired) electrons. The van der Waals surface area contributed by atoms with Crippen LogP contribution < -0.4 is 4.90 Å². The third-order valence-corrected chi connectivity index (χ3v) is 4.75. The third kappa shape index (κ3) is 3.27. The van der Waals surface area contributed by atoms with Gasteiger partial charge in [0.15, 0.2) is 0 Å². The second-order valence-electron chi connectivity index (χ2n) is 5.36. The number of carbonyl (C=O) groups is 1. The van der Waals surface area contributed by atoms with Crippen LogP contribution in [0, 0.1) is 6.92 Å². The number of thiazole rings is 1. The van der Waals surface area contributed by atoms with Crippen LogP contribution in [-0.2, 0) is 11.3 Å². The number of rotatable bonds is 4. The Bertz CT molecular complexity index is 650. The molecule has 0 atom stereocenters. The molecule has 3 rings (SSSR count). The number of hydrogen-bond donors (Lipinski definition) is 0. The highest BCUT2D eigenvalue weighted by Crippen LogP contribution is 2.23. The number of ether oxygens (including phenoxy) is 1. The molecule has 0 bridgehead atoms. The van der Waals surface area contributed by atoms with Gasteiger partial charge in [0.1, 0.15) is 18.0 Å². The topological polar surface area (TPSA) is 55.3 Å². The Balaban J connectivity index is 1.73. The van der Waals surface area contributed by atoms with Gasteiger partial charge in [-0.3, -0.25) is 0 Å². The van der Waals surface area contributed by atoms with E-state index in [0.29, 0.717) is 5.56 Å². The average molecular weight is 317 g/mol. The molecule has 6 heteroatoms. The van der Waals surface area contributed by atoms with Crippen LogP contribution in [0.2, 0.25) is 0 Å². The summed E-state index contributed by atoms with van der Waals surface area (Å²) in [5, 5.41) is 0. The highest BCUT2D eigenvalue weighted by Gasteiger charge is 2.20. The monoisotopic (exact) mass is 317 g/mol. The van der Waals surface area contributed by atoms with Crippen molar-refractivity contribution in [2.24, 2.45) is 0 Å². The second kappa shape index (κ2) is 6.87. The Morgan fingerprint density at radius 2 is 2.14 bits per heavy atom. The van der Waals surface area contributed by atoms with Crippen molar-refractivity contribution < 1.29 is 9.53 Å². The van der Waals surface area contributed by atoms with E-state index in [1.807, 2.05) is 6.92 Å². The van der Waals surface area contributed by atoms with Crippen molar-refractivity contribution in [1.82, 2.24) is 9.97 Å². The lowest BCUT2D eigenvalue weighted by Gasteiger charge is -2.28. The van der Waals surface area contributed by atoms with Gasteiger partial charge in [-0.2, -0.15) is 0 Å². The minimum Gasteiger partial charge on any atom is -0.456 e. The molecule has 2 aromatic heterocycles. The molecular weight excluding hydrogens is 298 g/mol. The number of pyridine rings is 1. The van der Waals surface area contributed by atoms with E-state index in [9.17, 15) is 4.79 Å². The molecular formula is C16H19N3O2S. The summed E-state index contributed by atoms with van der Waals surface area (Å²) in [4.78, 5) is 24.1. The summed E-state index contributed by atoms with van der Waals surface area (Å²) >= 11 is 1.50. The minimum atomic E-state index is -0.318. The number of anilines is 1. The van der Waals surface area contributed by atoms with Gasteiger partial charge in [-0.25, -0.2) is 14.8 Å². The van der Waals surface area contributed by atoms with Gasteiger partial charge >= 0.3 is 5.97 Å². The average Bonchev–Trinajstić information content (AvgIpc) is 2.98. The zero-order valence-corrected chi connectivity index (χ0v) is 13.4. The lowest BCUT2D eigenvalue weighted by molar-refractivity contribution is 0.0476. The molecule has 0 unspecified atom stereocenters. The van der Waals surface area contributed by atoms with E-state index >= 15 is 0 Å². The molecule has 0 saturated carbocycles. The van der Waals surface area contributed by atoms with Crippen molar-refractivity contribution >= 4 is 23.1 Å². The zero-order valence-electron chi connectivity index (χ0n) is 12.6. The fraction of sp³-hybridized carbons (Fsp3) is 0.438. The van der Waals surface area contributed by atoms with E-state index < -0.39 is 0 Å². The number of nitrogens with zero attached hydrogens (tertiary/aromatic N) is 3. The largest absolute Gasteiger partial charge is 0.456 e. The van der Waals surface area contributed by atoms with Gasteiger partial charge in [0, 0.05) is 19.3 Å². The van der Waals surface area contributed by atoms with Crippen molar-refractivity contribution in [2.75, 3.05) is 18.0 Å². The molecule has 1 fully saturated rings.